The summed E-state index contributed by atoms with van der Waals surface area (Å²) in [7, 11) is -2.57. The minimum absolute atomic E-state index is 0.0366. The number of aliphatic hydroxyl groups excluding tert-OH is 1. The molecule has 1 heterocycles. The number of aromatic amines is 1. The molecule has 0 bridgehead atoms. The molecule has 5 rings (SSSR count). The summed E-state index contributed by atoms with van der Waals surface area (Å²) < 4.78 is 38.6. The molecule has 1 aromatic heterocycles. The van der Waals surface area contributed by atoms with Crippen LogP contribution in [0.5, 0.6) is 5.75 Å². The predicted molar refractivity (Wildman–Crippen MR) is 154 cm³/mol. The molecule has 2 atom stereocenters. The fourth-order valence-electron chi connectivity index (χ4n) is 5.06. The van der Waals surface area contributed by atoms with E-state index in [-0.39, 0.29) is 10.5 Å². The number of nitrogens with one attached hydrogen (secondary N) is 3. The van der Waals surface area contributed by atoms with E-state index in [2.05, 4.69) is 15.0 Å². The highest BCUT2D eigenvalue weighted by atomic mass is 32.2. The third-order valence-corrected chi connectivity index (χ3v) is 8.72. The number of sulfonamides is 1. The van der Waals surface area contributed by atoms with Gasteiger partial charge >= 0.3 is 6.09 Å². The highest BCUT2D eigenvalue weighted by Crippen LogP contribution is 2.29. The van der Waals surface area contributed by atoms with Gasteiger partial charge in [-0.2, -0.15) is 0 Å². The van der Waals surface area contributed by atoms with E-state index >= 15 is 0 Å². The monoisotopic (exact) mass is 577 g/mol. The quantitative estimate of drug-likeness (QED) is 0.238. The van der Waals surface area contributed by atoms with Crippen molar-refractivity contribution in [2.75, 3.05) is 12.4 Å². The van der Waals surface area contributed by atoms with Crippen molar-refractivity contribution in [2.45, 2.75) is 49.7 Å². The van der Waals surface area contributed by atoms with Crippen molar-refractivity contribution in [3.05, 3.63) is 89.1 Å². The number of H-pyrrole nitrogens is 1. The molecule has 1 fully saturated rings. The Kier molecular flexibility index (Phi) is 8.00. The van der Waals surface area contributed by atoms with Crippen molar-refractivity contribution in [3.63, 3.8) is 0 Å². The lowest BCUT2D eigenvalue weighted by Gasteiger charge is -2.16. The zero-order valence-electron chi connectivity index (χ0n) is 22.6. The first-order chi connectivity index (χ1) is 19.6. The van der Waals surface area contributed by atoms with Gasteiger partial charge in [-0.15, -0.1) is 0 Å². The molecule has 4 aromatic rings. The number of methoxy groups -OCH3 is 1. The number of amides is 2. The van der Waals surface area contributed by atoms with Crippen LogP contribution in [0.2, 0.25) is 0 Å². The number of benzene rings is 3. The molecule has 1 aliphatic rings. The summed E-state index contributed by atoms with van der Waals surface area (Å²) in [4.78, 5) is 28.5. The van der Waals surface area contributed by atoms with Crippen molar-refractivity contribution in [1.82, 2.24) is 9.71 Å². The average Bonchev–Trinajstić information content (AvgIpc) is 3.53. The largest absolute Gasteiger partial charge is 0.496 e. The number of hydrogen-bond acceptors (Lipinski definition) is 7. The number of hydrogen-bond donors (Lipinski definition) is 4. The molecule has 2 amide bonds. The fourth-order valence-corrected chi connectivity index (χ4v) is 6.28. The topological polar surface area (TPSA) is 147 Å². The van der Waals surface area contributed by atoms with Gasteiger partial charge in [-0.1, -0.05) is 24.3 Å². The van der Waals surface area contributed by atoms with Crippen molar-refractivity contribution < 1.29 is 32.6 Å². The fraction of sp³-hybridized carbons (Fsp3) is 0.267. The Bertz CT molecular complexity index is 1710. The number of aromatic nitrogens is 1. The van der Waals surface area contributed by atoms with E-state index in [1.165, 1.54) is 19.2 Å². The van der Waals surface area contributed by atoms with Crippen LogP contribution in [0.3, 0.4) is 0 Å². The maximum absolute atomic E-state index is 12.9. The van der Waals surface area contributed by atoms with Gasteiger partial charge in [0.2, 0.25) is 0 Å². The van der Waals surface area contributed by atoms with E-state index in [4.69, 9.17) is 9.47 Å². The summed E-state index contributed by atoms with van der Waals surface area (Å²) >= 11 is 0. The Labute approximate surface area is 237 Å². The average molecular weight is 578 g/mol. The number of aryl methyl sites for hydroxylation is 1. The number of aliphatic hydroxyl groups is 1. The second-order valence-corrected chi connectivity index (χ2v) is 11.7. The molecule has 0 aliphatic heterocycles. The lowest BCUT2D eigenvalue weighted by Crippen LogP contribution is -2.31. The van der Waals surface area contributed by atoms with Crippen LogP contribution in [0.1, 0.15) is 46.3 Å². The summed E-state index contributed by atoms with van der Waals surface area (Å²) in [5.41, 5.74) is 3.77. The van der Waals surface area contributed by atoms with E-state index in [0.717, 1.165) is 28.5 Å². The van der Waals surface area contributed by atoms with Crippen LogP contribution in [-0.2, 0) is 21.2 Å². The summed E-state index contributed by atoms with van der Waals surface area (Å²) in [6, 6.07) is 16.6. The highest BCUT2D eigenvalue weighted by molar-refractivity contribution is 7.90. The minimum Gasteiger partial charge on any atom is -0.496 e. The SMILES string of the molecule is COc1cc(C(=O)NS(=O)(=O)c2ccccc2C)ccc1Cc1c[nH]c2ccc(NC(=O)OC3CCCC3O)cc12. The number of anilines is 1. The van der Waals surface area contributed by atoms with Gasteiger partial charge in [0.1, 0.15) is 11.9 Å². The highest BCUT2D eigenvalue weighted by Gasteiger charge is 2.28. The third-order valence-electron chi connectivity index (χ3n) is 7.23. The Morgan fingerprint density at radius 1 is 1.05 bits per heavy atom. The normalized spacial score (nSPS) is 16.9. The predicted octanol–water partition coefficient (Wildman–Crippen LogP) is 4.66. The molecule has 0 spiro atoms. The van der Waals surface area contributed by atoms with Gasteiger partial charge in [-0.25, -0.2) is 17.9 Å². The second kappa shape index (κ2) is 11.6. The first kappa shape index (κ1) is 28.2. The molecule has 0 saturated heterocycles. The molecule has 214 valence electrons. The molecule has 3 aromatic carbocycles. The van der Waals surface area contributed by atoms with Crippen molar-refractivity contribution in [2.24, 2.45) is 0 Å². The minimum atomic E-state index is -4.05. The smallest absolute Gasteiger partial charge is 0.411 e. The molecule has 11 heteroatoms. The van der Waals surface area contributed by atoms with Gasteiger partial charge in [0.15, 0.2) is 0 Å². The molecule has 2 unspecified atom stereocenters. The van der Waals surface area contributed by atoms with E-state index in [0.29, 0.717) is 36.3 Å². The maximum atomic E-state index is 12.9. The molecular weight excluding hydrogens is 546 g/mol. The summed E-state index contributed by atoms with van der Waals surface area (Å²) in [6.45, 7) is 1.66. The van der Waals surface area contributed by atoms with E-state index in [1.54, 1.807) is 43.3 Å². The Balaban J connectivity index is 1.32. The van der Waals surface area contributed by atoms with E-state index in [1.807, 2.05) is 18.3 Å². The molecule has 41 heavy (non-hydrogen) atoms. The Morgan fingerprint density at radius 2 is 1.85 bits per heavy atom. The first-order valence-corrected chi connectivity index (χ1v) is 14.7. The Hall–Kier alpha value is -4.35. The van der Waals surface area contributed by atoms with Gasteiger partial charge in [0.05, 0.1) is 18.1 Å². The van der Waals surface area contributed by atoms with Crippen molar-refractivity contribution in [1.29, 1.82) is 0 Å². The number of rotatable bonds is 8. The van der Waals surface area contributed by atoms with Crippen LogP contribution in [0.15, 0.2) is 71.8 Å². The number of ether oxygens (including phenoxy) is 2. The van der Waals surface area contributed by atoms with E-state index in [9.17, 15) is 23.1 Å². The van der Waals surface area contributed by atoms with Crippen LogP contribution in [0.4, 0.5) is 10.5 Å². The van der Waals surface area contributed by atoms with Crippen LogP contribution in [0.25, 0.3) is 10.9 Å². The van der Waals surface area contributed by atoms with E-state index < -0.39 is 34.2 Å². The van der Waals surface area contributed by atoms with Crippen LogP contribution in [0, 0.1) is 6.92 Å². The van der Waals surface area contributed by atoms with Crippen LogP contribution in [-0.4, -0.2) is 49.8 Å². The molecule has 1 saturated carbocycles. The van der Waals surface area contributed by atoms with Crippen LogP contribution < -0.4 is 14.8 Å². The van der Waals surface area contributed by atoms with Crippen molar-refractivity contribution >= 4 is 38.6 Å². The molecule has 4 N–H and O–H groups in total. The standard InChI is InChI=1S/C30H31N3O7S/c1-18-6-3-4-9-28(18)41(37,38)33-29(35)20-11-10-19(27(15-20)39-2)14-21-17-31-24-13-12-22(16-23(21)24)32-30(36)40-26-8-5-7-25(26)34/h3-4,6,9-13,15-17,25-26,31,34H,5,7-8,14H2,1-2H3,(H,32,36)(H,33,35). The van der Waals surface area contributed by atoms with Gasteiger partial charge in [0.25, 0.3) is 15.9 Å². The number of carbonyl (C=O) groups excluding carboxylic acids is 2. The van der Waals surface area contributed by atoms with Crippen LogP contribution >= 0.6 is 0 Å². The molecule has 10 nitrogen and oxygen atoms in total. The number of carbonyl (C=O) groups is 2. The lowest BCUT2D eigenvalue weighted by molar-refractivity contribution is 0.0287. The summed E-state index contributed by atoms with van der Waals surface area (Å²) in [5, 5.41) is 13.5. The summed E-state index contributed by atoms with van der Waals surface area (Å²) in [5.74, 6) is -0.341. The Morgan fingerprint density at radius 3 is 2.59 bits per heavy atom. The van der Waals surface area contributed by atoms with Gasteiger partial charge in [-0.3, -0.25) is 10.1 Å². The lowest BCUT2D eigenvalue weighted by atomic mass is 10.0. The molecule has 1 aliphatic carbocycles. The van der Waals surface area contributed by atoms with Gasteiger partial charge < -0.3 is 19.6 Å². The maximum Gasteiger partial charge on any atom is 0.411 e. The molecule has 0 radical (unpaired) electrons. The zero-order valence-corrected chi connectivity index (χ0v) is 23.5. The van der Waals surface area contributed by atoms with Crippen molar-refractivity contribution in [3.8, 4) is 5.75 Å². The second-order valence-electron chi connectivity index (χ2n) is 10.0. The summed E-state index contributed by atoms with van der Waals surface area (Å²) in [6.07, 6.45) is 2.63. The first-order valence-electron chi connectivity index (χ1n) is 13.2. The molecular formula is C30H31N3O7S. The third kappa shape index (κ3) is 6.21. The number of fused-ring (bicyclic) bond motifs is 1. The van der Waals surface area contributed by atoms with Gasteiger partial charge in [-0.05, 0) is 79.3 Å². The zero-order chi connectivity index (χ0) is 29.1. The van der Waals surface area contributed by atoms with Gasteiger partial charge in [0, 0.05) is 34.8 Å².